The number of aliphatic carboxylic acids is 2. The highest BCUT2D eigenvalue weighted by Gasteiger charge is 2.40. The zero-order valence-electron chi connectivity index (χ0n) is 24.4. The highest BCUT2D eigenvalue weighted by atomic mass is 35.5. The Hall–Kier alpha value is -4.04. The van der Waals surface area contributed by atoms with Gasteiger partial charge in [-0.3, -0.25) is 9.89 Å². The highest BCUT2D eigenvalue weighted by molar-refractivity contribution is 6.31. The van der Waals surface area contributed by atoms with Gasteiger partial charge >= 0.3 is 24.3 Å². The molecular formula is C26H30ClF8N7O5. The number of aromatic amines is 1. The zero-order valence-corrected chi connectivity index (χ0v) is 25.2. The Morgan fingerprint density at radius 2 is 1.68 bits per heavy atom. The fourth-order valence-electron chi connectivity index (χ4n) is 4.08. The summed E-state index contributed by atoms with van der Waals surface area (Å²) in [6.07, 6.45) is -6.55. The molecule has 3 aromatic rings. The summed E-state index contributed by atoms with van der Waals surface area (Å²) in [5.41, 5.74) is 1.97. The summed E-state index contributed by atoms with van der Waals surface area (Å²) in [6.45, 7) is 3.10. The number of carboxylic acid groups (broad SMARTS) is 2. The minimum atomic E-state index is -5.08. The van der Waals surface area contributed by atoms with Crippen LogP contribution in [0.3, 0.4) is 0 Å². The molecule has 2 aromatic heterocycles. The first kappa shape index (κ1) is 39.1. The Labute approximate surface area is 265 Å². The molecule has 3 heterocycles. The first-order chi connectivity index (χ1) is 21.7. The first-order valence-electron chi connectivity index (χ1n) is 13.6. The average molecular weight is 708 g/mol. The molecule has 47 heavy (non-hydrogen) atoms. The summed E-state index contributed by atoms with van der Waals surface area (Å²) in [6, 6.07) is 4.60. The van der Waals surface area contributed by atoms with E-state index < -0.39 is 48.4 Å². The molecule has 12 nitrogen and oxygen atoms in total. The second-order valence-electron chi connectivity index (χ2n) is 9.97. The van der Waals surface area contributed by atoms with Crippen LogP contribution in [0, 0.1) is 6.92 Å². The molecule has 21 heteroatoms. The van der Waals surface area contributed by atoms with Crippen LogP contribution < -0.4 is 21.5 Å². The van der Waals surface area contributed by atoms with Crippen LogP contribution in [0.5, 0.6) is 0 Å². The number of H-pyrrole nitrogens is 1. The molecule has 262 valence electrons. The van der Waals surface area contributed by atoms with Crippen molar-refractivity contribution in [1.29, 1.82) is 0 Å². The van der Waals surface area contributed by atoms with Crippen LogP contribution in [-0.4, -0.2) is 85.9 Å². The van der Waals surface area contributed by atoms with E-state index in [0.717, 1.165) is 29.4 Å². The van der Waals surface area contributed by atoms with Crippen LogP contribution in [0.4, 0.5) is 40.9 Å². The normalized spacial score (nSPS) is 15.2. The molecule has 1 atom stereocenters. The topological polar surface area (TPSA) is 174 Å². The fourth-order valence-corrected chi connectivity index (χ4v) is 4.25. The van der Waals surface area contributed by atoms with Crippen molar-refractivity contribution in [2.24, 2.45) is 0 Å². The molecule has 0 aliphatic carbocycles. The van der Waals surface area contributed by atoms with Gasteiger partial charge in [0.2, 0.25) is 0 Å². The van der Waals surface area contributed by atoms with Gasteiger partial charge in [-0.05, 0) is 44.5 Å². The van der Waals surface area contributed by atoms with Crippen molar-refractivity contribution in [3.05, 3.63) is 51.2 Å². The maximum absolute atomic E-state index is 14.5. The van der Waals surface area contributed by atoms with Crippen molar-refractivity contribution in [1.82, 2.24) is 30.4 Å². The predicted molar refractivity (Wildman–Crippen MR) is 153 cm³/mol. The number of carbonyl (C=O) groups is 2. The molecule has 0 bridgehead atoms. The van der Waals surface area contributed by atoms with Crippen LogP contribution >= 0.6 is 11.6 Å². The van der Waals surface area contributed by atoms with Gasteiger partial charge in [0.05, 0.1) is 23.8 Å². The van der Waals surface area contributed by atoms with Crippen molar-refractivity contribution >= 4 is 40.3 Å². The number of fused-ring (bicyclic) bond motifs is 1. The third-order valence-corrected chi connectivity index (χ3v) is 6.69. The molecule has 0 spiro atoms. The molecular weight excluding hydrogens is 678 g/mol. The maximum atomic E-state index is 14.5. The summed E-state index contributed by atoms with van der Waals surface area (Å²) in [5.74, 6) is -8.55. The van der Waals surface area contributed by atoms with Crippen LogP contribution in [0.2, 0.25) is 5.02 Å². The van der Waals surface area contributed by atoms with Gasteiger partial charge in [-0.1, -0.05) is 18.0 Å². The van der Waals surface area contributed by atoms with Crippen LogP contribution in [0.1, 0.15) is 30.7 Å². The van der Waals surface area contributed by atoms with E-state index >= 15 is 0 Å². The van der Waals surface area contributed by atoms with Crippen LogP contribution in [0.25, 0.3) is 10.9 Å². The average Bonchev–Trinajstić information content (AvgIpc) is 3.38. The van der Waals surface area contributed by atoms with Gasteiger partial charge in [0.15, 0.2) is 5.82 Å². The maximum Gasteiger partial charge on any atom is 0.490 e. The largest absolute Gasteiger partial charge is 0.490 e. The summed E-state index contributed by atoms with van der Waals surface area (Å²) in [4.78, 5) is 34.7. The molecule has 1 saturated heterocycles. The quantitative estimate of drug-likeness (QED) is 0.139. The standard InChI is InChI=1S/C22H28ClF2N7O.2C2HF3O2/c1-14-11-28-20(29-13-22(24,25)19-4-2-3-7-27-19)21(33)32(14)9-8-26-12-18-16-10-15(23)5-6-17(16)30-31-18;2*3-2(4,5)1(6)7/h5-6,10-11,19,26-27H,2-4,7-9,12-13H2,1H3,(H,28,29)(H,30,31);2*(H,6,7). The van der Waals surface area contributed by atoms with Crippen LogP contribution in [-0.2, 0) is 22.7 Å². The molecule has 0 saturated carbocycles. The zero-order chi connectivity index (χ0) is 35.6. The minimum absolute atomic E-state index is 0.0645. The Bertz CT molecular complexity index is 1530. The molecule has 1 aliphatic rings. The first-order valence-corrected chi connectivity index (χ1v) is 14.0. The Morgan fingerprint density at radius 3 is 2.23 bits per heavy atom. The van der Waals surface area contributed by atoms with Crippen LogP contribution in [0.15, 0.2) is 29.2 Å². The van der Waals surface area contributed by atoms with E-state index in [2.05, 4.69) is 31.1 Å². The molecule has 4 rings (SSSR count). The number of hydrogen-bond donors (Lipinski definition) is 6. The smallest absolute Gasteiger partial charge is 0.475 e. The van der Waals surface area contributed by atoms with E-state index in [0.29, 0.717) is 43.3 Å². The van der Waals surface area contributed by atoms with Crippen molar-refractivity contribution < 1.29 is 54.9 Å². The van der Waals surface area contributed by atoms with Gasteiger partial charge in [0.25, 0.3) is 11.5 Å². The summed E-state index contributed by atoms with van der Waals surface area (Å²) >= 11 is 6.07. The van der Waals surface area contributed by atoms with Crippen molar-refractivity contribution in [2.75, 3.05) is 25.0 Å². The fraction of sp³-hybridized carbons (Fsp3) is 0.500. The molecule has 6 N–H and O–H groups in total. The number of nitrogens with zero attached hydrogens (tertiary/aromatic N) is 3. The van der Waals surface area contributed by atoms with E-state index in [1.165, 1.54) is 10.8 Å². The Kier molecular flexibility index (Phi) is 13.9. The van der Waals surface area contributed by atoms with Gasteiger partial charge < -0.3 is 30.7 Å². The lowest BCUT2D eigenvalue weighted by atomic mass is 9.99. The van der Waals surface area contributed by atoms with E-state index in [9.17, 15) is 39.9 Å². The molecule has 1 unspecified atom stereocenters. The number of aryl methyl sites for hydroxylation is 1. The SMILES string of the molecule is Cc1cnc(NCC(F)(F)C2CCCCN2)c(=O)n1CCNCc1[nH]nc2ccc(Cl)cc12.O=C(O)C(F)(F)F.O=C(O)C(F)(F)F. The number of nitrogens with one attached hydrogen (secondary N) is 4. The number of benzene rings is 1. The molecule has 0 radical (unpaired) electrons. The second kappa shape index (κ2) is 16.7. The van der Waals surface area contributed by atoms with E-state index in [4.69, 9.17) is 31.4 Å². The van der Waals surface area contributed by atoms with Gasteiger partial charge in [-0.25, -0.2) is 23.4 Å². The number of hydrogen-bond acceptors (Lipinski definition) is 8. The van der Waals surface area contributed by atoms with E-state index in [1.54, 1.807) is 13.0 Å². The predicted octanol–water partition coefficient (Wildman–Crippen LogP) is 4.33. The Balaban J connectivity index is 0.000000459. The van der Waals surface area contributed by atoms with E-state index in [-0.39, 0.29) is 5.82 Å². The van der Waals surface area contributed by atoms with Crippen molar-refractivity contribution in [3.8, 4) is 0 Å². The van der Waals surface area contributed by atoms with Gasteiger partial charge in [0.1, 0.15) is 0 Å². The molecule has 1 aromatic carbocycles. The third-order valence-electron chi connectivity index (χ3n) is 6.46. The number of rotatable bonds is 9. The number of anilines is 1. The van der Waals surface area contributed by atoms with Gasteiger partial charge in [-0.2, -0.15) is 31.4 Å². The lowest BCUT2D eigenvalue weighted by Gasteiger charge is -2.31. The second-order valence-corrected chi connectivity index (χ2v) is 10.4. The van der Waals surface area contributed by atoms with Crippen molar-refractivity contribution in [2.45, 2.75) is 63.6 Å². The summed E-state index contributed by atoms with van der Waals surface area (Å²) in [5, 5.41) is 31.8. The number of halogens is 9. The lowest BCUT2D eigenvalue weighted by Crippen LogP contribution is -2.51. The minimum Gasteiger partial charge on any atom is -0.475 e. The number of piperidine rings is 1. The Morgan fingerprint density at radius 1 is 1.06 bits per heavy atom. The highest BCUT2D eigenvalue weighted by Crippen LogP contribution is 2.25. The lowest BCUT2D eigenvalue weighted by molar-refractivity contribution is -0.193. The molecule has 1 aliphatic heterocycles. The van der Waals surface area contributed by atoms with E-state index in [1.807, 2.05) is 12.1 Å². The third kappa shape index (κ3) is 12.2. The summed E-state index contributed by atoms with van der Waals surface area (Å²) in [7, 11) is 0. The van der Waals surface area contributed by atoms with Crippen molar-refractivity contribution in [3.63, 3.8) is 0 Å². The van der Waals surface area contributed by atoms with Gasteiger partial charge in [-0.15, -0.1) is 0 Å². The molecule has 0 amide bonds. The number of carboxylic acids is 2. The monoisotopic (exact) mass is 707 g/mol. The number of aromatic nitrogens is 4. The number of alkyl halides is 8. The summed E-state index contributed by atoms with van der Waals surface area (Å²) < 4.78 is 94.1. The molecule has 1 fully saturated rings. The van der Waals surface area contributed by atoms with Gasteiger partial charge in [0, 0.05) is 41.9 Å².